The summed E-state index contributed by atoms with van der Waals surface area (Å²) in [5, 5.41) is 22.3. The fourth-order valence-corrected chi connectivity index (χ4v) is 2.52. The number of benzene rings is 1. The molecule has 0 aromatic heterocycles. The first-order valence-electron chi connectivity index (χ1n) is 6.01. The number of anilines is 1. The Morgan fingerprint density at radius 3 is 2.75 bits per heavy atom. The van der Waals surface area contributed by atoms with Gasteiger partial charge in [-0.1, -0.05) is 11.6 Å². The standard InChI is InChI=1S/C12H12ClFN2O4/c13-8-4-11(16(19)20)10(5-9(8)14)15-7-2-1-6(3-7)12(17)18/h4-7,15H,1-3H2,(H,17,18). The van der Waals surface area contributed by atoms with Gasteiger partial charge in [0.05, 0.1) is 15.9 Å². The summed E-state index contributed by atoms with van der Waals surface area (Å²) < 4.78 is 13.4. The maximum Gasteiger partial charge on any atom is 0.306 e. The minimum Gasteiger partial charge on any atom is -0.481 e. The summed E-state index contributed by atoms with van der Waals surface area (Å²) in [6, 6.07) is 1.69. The summed E-state index contributed by atoms with van der Waals surface area (Å²) in [6.07, 6.45) is 1.42. The van der Waals surface area contributed by atoms with E-state index in [0.29, 0.717) is 19.3 Å². The molecule has 0 heterocycles. The van der Waals surface area contributed by atoms with Crippen LogP contribution in [0.3, 0.4) is 0 Å². The van der Waals surface area contributed by atoms with Crippen LogP contribution in [0.5, 0.6) is 0 Å². The summed E-state index contributed by atoms with van der Waals surface area (Å²) in [7, 11) is 0. The maximum atomic E-state index is 13.4. The van der Waals surface area contributed by atoms with Crippen molar-refractivity contribution in [2.45, 2.75) is 25.3 Å². The number of nitrogens with one attached hydrogen (secondary N) is 1. The lowest BCUT2D eigenvalue weighted by molar-refractivity contribution is -0.384. The molecule has 0 saturated heterocycles. The Kier molecular flexibility index (Phi) is 4.08. The molecule has 1 aliphatic carbocycles. The molecule has 2 atom stereocenters. The van der Waals surface area contributed by atoms with Crippen LogP contribution in [0.15, 0.2) is 12.1 Å². The predicted octanol–water partition coefficient (Wildman–Crippen LogP) is 3.05. The van der Waals surface area contributed by atoms with Gasteiger partial charge in [0.25, 0.3) is 5.69 Å². The lowest BCUT2D eigenvalue weighted by Gasteiger charge is -2.14. The normalized spacial score (nSPS) is 21.7. The molecule has 1 fully saturated rings. The smallest absolute Gasteiger partial charge is 0.306 e. The van der Waals surface area contributed by atoms with Crippen molar-refractivity contribution in [3.05, 3.63) is 33.1 Å². The van der Waals surface area contributed by atoms with Crippen LogP contribution in [0, 0.1) is 21.8 Å². The molecule has 2 rings (SSSR count). The second-order valence-electron chi connectivity index (χ2n) is 4.73. The molecule has 2 N–H and O–H groups in total. The summed E-state index contributed by atoms with van der Waals surface area (Å²) in [5.41, 5.74) is -0.303. The van der Waals surface area contributed by atoms with Crippen molar-refractivity contribution in [2.75, 3.05) is 5.32 Å². The van der Waals surface area contributed by atoms with E-state index in [1.807, 2.05) is 0 Å². The number of carboxylic acids is 1. The molecule has 0 bridgehead atoms. The zero-order valence-corrected chi connectivity index (χ0v) is 11.1. The molecule has 8 heteroatoms. The van der Waals surface area contributed by atoms with Gasteiger partial charge in [0.15, 0.2) is 0 Å². The fourth-order valence-electron chi connectivity index (χ4n) is 2.36. The number of carboxylic acid groups (broad SMARTS) is 1. The Morgan fingerprint density at radius 2 is 2.20 bits per heavy atom. The topological polar surface area (TPSA) is 92.5 Å². The first kappa shape index (κ1) is 14.5. The number of hydrogen-bond acceptors (Lipinski definition) is 4. The van der Waals surface area contributed by atoms with E-state index in [4.69, 9.17) is 16.7 Å². The molecule has 1 aliphatic rings. The fraction of sp³-hybridized carbons (Fsp3) is 0.417. The highest BCUT2D eigenvalue weighted by molar-refractivity contribution is 6.31. The van der Waals surface area contributed by atoms with Gasteiger partial charge in [0, 0.05) is 18.2 Å². The van der Waals surface area contributed by atoms with Crippen LogP contribution < -0.4 is 5.32 Å². The van der Waals surface area contributed by atoms with Crippen molar-refractivity contribution in [3.63, 3.8) is 0 Å². The zero-order chi connectivity index (χ0) is 14.9. The third-order valence-corrected chi connectivity index (χ3v) is 3.67. The second-order valence-corrected chi connectivity index (χ2v) is 5.14. The molecule has 6 nitrogen and oxygen atoms in total. The molecule has 1 aromatic rings. The number of rotatable bonds is 4. The van der Waals surface area contributed by atoms with Crippen molar-refractivity contribution >= 4 is 28.9 Å². The van der Waals surface area contributed by atoms with Crippen LogP contribution in [0.2, 0.25) is 5.02 Å². The summed E-state index contributed by atoms with van der Waals surface area (Å²) >= 11 is 5.53. The third kappa shape index (κ3) is 2.98. The van der Waals surface area contributed by atoms with Crippen LogP contribution in [0.25, 0.3) is 0 Å². The van der Waals surface area contributed by atoms with E-state index >= 15 is 0 Å². The van der Waals surface area contributed by atoms with Crippen molar-refractivity contribution in [1.29, 1.82) is 0 Å². The quantitative estimate of drug-likeness (QED) is 0.658. The average Bonchev–Trinajstić information content (AvgIpc) is 2.82. The van der Waals surface area contributed by atoms with Gasteiger partial charge in [-0.25, -0.2) is 4.39 Å². The van der Waals surface area contributed by atoms with Crippen LogP contribution in [0.1, 0.15) is 19.3 Å². The van der Waals surface area contributed by atoms with Gasteiger partial charge in [-0.2, -0.15) is 0 Å². The van der Waals surface area contributed by atoms with Gasteiger partial charge in [0.1, 0.15) is 11.5 Å². The highest BCUT2D eigenvalue weighted by Crippen LogP contribution is 2.34. The highest BCUT2D eigenvalue weighted by Gasteiger charge is 2.31. The number of nitro groups is 1. The maximum absolute atomic E-state index is 13.4. The Hall–Kier alpha value is -1.89. The zero-order valence-electron chi connectivity index (χ0n) is 10.3. The minimum atomic E-state index is -0.883. The van der Waals surface area contributed by atoms with Crippen molar-refractivity contribution in [3.8, 4) is 0 Å². The first-order valence-corrected chi connectivity index (χ1v) is 6.39. The van der Waals surface area contributed by atoms with E-state index < -0.39 is 22.6 Å². The number of nitro benzene ring substituents is 1. The summed E-state index contributed by atoms with van der Waals surface area (Å²) in [5.74, 6) is -2.11. The number of nitrogens with zero attached hydrogens (tertiary/aromatic N) is 1. The van der Waals surface area contributed by atoms with Gasteiger partial charge in [0.2, 0.25) is 0 Å². The van der Waals surface area contributed by atoms with Crippen LogP contribution in [-0.2, 0) is 4.79 Å². The molecule has 2 unspecified atom stereocenters. The minimum absolute atomic E-state index is 0.0212. The van der Waals surface area contributed by atoms with Crippen molar-refractivity contribution in [2.24, 2.45) is 5.92 Å². The van der Waals surface area contributed by atoms with E-state index in [0.717, 1.165) is 12.1 Å². The lowest BCUT2D eigenvalue weighted by atomic mass is 10.1. The Balaban J connectivity index is 2.19. The molecule has 0 amide bonds. The molecule has 1 aromatic carbocycles. The second kappa shape index (κ2) is 5.62. The van der Waals surface area contributed by atoms with Crippen LogP contribution in [0.4, 0.5) is 15.8 Å². The molecule has 0 aliphatic heterocycles. The Morgan fingerprint density at radius 1 is 1.50 bits per heavy atom. The van der Waals surface area contributed by atoms with E-state index in [1.54, 1.807) is 0 Å². The first-order chi connectivity index (χ1) is 9.38. The van der Waals surface area contributed by atoms with Crippen molar-refractivity contribution in [1.82, 2.24) is 0 Å². The van der Waals surface area contributed by atoms with Gasteiger partial charge in [-0.15, -0.1) is 0 Å². The SMILES string of the molecule is O=C(O)C1CCC(Nc2cc(F)c(Cl)cc2[N+](=O)[O-])C1. The molecule has 1 saturated carbocycles. The van der Waals surface area contributed by atoms with E-state index in [9.17, 15) is 19.3 Å². The Bertz CT molecular complexity index is 567. The molecular weight excluding hydrogens is 291 g/mol. The molecule has 108 valence electrons. The highest BCUT2D eigenvalue weighted by atomic mass is 35.5. The van der Waals surface area contributed by atoms with E-state index in [-0.39, 0.29) is 22.4 Å². The molecule has 0 spiro atoms. The number of halogens is 2. The van der Waals surface area contributed by atoms with Crippen molar-refractivity contribution < 1.29 is 19.2 Å². The molecule has 0 radical (unpaired) electrons. The average molecular weight is 303 g/mol. The van der Waals surface area contributed by atoms with Gasteiger partial charge >= 0.3 is 5.97 Å². The summed E-state index contributed by atoms with van der Waals surface area (Å²) in [6.45, 7) is 0. The lowest BCUT2D eigenvalue weighted by Crippen LogP contribution is -2.18. The predicted molar refractivity (Wildman–Crippen MR) is 70.5 cm³/mol. The summed E-state index contributed by atoms with van der Waals surface area (Å²) in [4.78, 5) is 21.1. The monoisotopic (exact) mass is 302 g/mol. The van der Waals surface area contributed by atoms with Gasteiger partial charge in [-0.05, 0) is 19.3 Å². The molecule has 20 heavy (non-hydrogen) atoms. The largest absolute Gasteiger partial charge is 0.481 e. The van der Waals surface area contributed by atoms with Gasteiger partial charge < -0.3 is 10.4 Å². The van der Waals surface area contributed by atoms with E-state index in [1.165, 1.54) is 0 Å². The van der Waals surface area contributed by atoms with Crippen LogP contribution >= 0.6 is 11.6 Å². The molecular formula is C12H12ClFN2O4. The third-order valence-electron chi connectivity index (χ3n) is 3.38. The number of carbonyl (C=O) groups is 1. The number of hydrogen-bond donors (Lipinski definition) is 2. The van der Waals surface area contributed by atoms with Crippen LogP contribution in [-0.4, -0.2) is 22.0 Å². The Labute approximate surface area is 118 Å². The number of aliphatic carboxylic acids is 1. The van der Waals surface area contributed by atoms with Gasteiger partial charge in [-0.3, -0.25) is 14.9 Å². The van der Waals surface area contributed by atoms with E-state index in [2.05, 4.69) is 5.32 Å².